The highest BCUT2D eigenvalue weighted by Gasteiger charge is 2.31. The summed E-state index contributed by atoms with van der Waals surface area (Å²) >= 11 is 0. The molecular weight excluding hydrogens is 395 g/mol. The van der Waals surface area contributed by atoms with Crippen molar-refractivity contribution in [2.24, 2.45) is 11.1 Å². The summed E-state index contributed by atoms with van der Waals surface area (Å²) in [6.07, 6.45) is 3.15. The molecular formula is C23H35FN6O. The number of rotatable bonds is 6. The number of hydrogen-bond acceptors (Lipinski definition) is 5. The van der Waals surface area contributed by atoms with Gasteiger partial charge in [0.05, 0.1) is 17.5 Å². The number of hydrogen-bond donors (Lipinski definition) is 4. The Hall–Kier alpha value is -2.90. The molecule has 0 atom stereocenters. The number of aromatic amines is 1. The Morgan fingerprint density at radius 2 is 1.81 bits per heavy atom. The van der Waals surface area contributed by atoms with E-state index in [1.807, 2.05) is 0 Å². The first kappa shape index (κ1) is 24.4. The lowest BCUT2D eigenvalue weighted by molar-refractivity contribution is -0.111. The number of aromatic nitrogens is 3. The van der Waals surface area contributed by atoms with Crippen molar-refractivity contribution in [3.63, 3.8) is 0 Å². The number of amides is 1. The number of nitrogens with two attached hydrogens (primary N) is 1. The highest BCUT2D eigenvalue weighted by atomic mass is 19.1. The van der Waals surface area contributed by atoms with Crippen LogP contribution in [0.4, 0.5) is 16.0 Å². The van der Waals surface area contributed by atoms with Gasteiger partial charge in [0.1, 0.15) is 23.3 Å². The lowest BCUT2D eigenvalue weighted by Crippen LogP contribution is -2.36. The highest BCUT2D eigenvalue weighted by Crippen LogP contribution is 2.34. The SMILES string of the molecule is CC(C)(C)CC(C)(C)Nc1nc(/C(=C\N)C(=O)Nc2ccc(F)cn2)[nH]c1C(C)(C)C. The predicted octanol–water partition coefficient (Wildman–Crippen LogP) is 4.81. The van der Waals surface area contributed by atoms with Crippen molar-refractivity contribution in [2.45, 2.75) is 72.8 Å². The Morgan fingerprint density at radius 1 is 1.16 bits per heavy atom. The zero-order valence-corrected chi connectivity index (χ0v) is 19.8. The van der Waals surface area contributed by atoms with Gasteiger partial charge in [-0.2, -0.15) is 0 Å². The number of pyridine rings is 1. The minimum absolute atomic E-state index is 0.127. The van der Waals surface area contributed by atoms with E-state index < -0.39 is 11.7 Å². The third-order valence-electron chi connectivity index (χ3n) is 4.52. The smallest absolute Gasteiger partial charge is 0.262 e. The molecule has 0 saturated carbocycles. The van der Waals surface area contributed by atoms with Crippen molar-refractivity contribution in [3.8, 4) is 0 Å². The topological polar surface area (TPSA) is 109 Å². The second-order valence-corrected chi connectivity index (χ2v) is 10.7. The van der Waals surface area contributed by atoms with Crippen molar-refractivity contribution in [1.82, 2.24) is 15.0 Å². The van der Waals surface area contributed by atoms with E-state index in [-0.39, 0.29) is 27.8 Å². The zero-order chi connectivity index (χ0) is 23.6. The van der Waals surface area contributed by atoms with E-state index in [0.29, 0.717) is 11.6 Å². The summed E-state index contributed by atoms with van der Waals surface area (Å²) in [5.41, 5.74) is 6.47. The average molecular weight is 431 g/mol. The Balaban J connectivity index is 2.37. The quantitative estimate of drug-likeness (QED) is 0.492. The Labute approximate surface area is 184 Å². The normalized spacial score (nSPS) is 13.3. The minimum Gasteiger partial charge on any atom is -0.404 e. The molecule has 7 nitrogen and oxygen atoms in total. The molecule has 0 aliphatic carbocycles. The molecule has 0 unspecified atom stereocenters. The van der Waals surface area contributed by atoms with E-state index in [4.69, 9.17) is 5.73 Å². The molecule has 170 valence electrons. The number of imidazole rings is 1. The molecule has 2 heterocycles. The van der Waals surface area contributed by atoms with Crippen molar-refractivity contribution >= 4 is 23.1 Å². The molecule has 0 fully saturated rings. The van der Waals surface area contributed by atoms with E-state index >= 15 is 0 Å². The van der Waals surface area contributed by atoms with E-state index in [2.05, 4.69) is 81.0 Å². The number of nitrogens with one attached hydrogen (secondary N) is 3. The van der Waals surface area contributed by atoms with E-state index in [1.165, 1.54) is 18.3 Å². The van der Waals surface area contributed by atoms with Crippen LogP contribution in [-0.4, -0.2) is 26.4 Å². The first-order valence-electron chi connectivity index (χ1n) is 10.4. The van der Waals surface area contributed by atoms with Crippen LogP contribution >= 0.6 is 0 Å². The molecule has 2 aromatic heterocycles. The second kappa shape index (κ2) is 8.69. The fraction of sp³-hybridized carbons (Fsp3) is 0.522. The van der Waals surface area contributed by atoms with Gasteiger partial charge in [0, 0.05) is 17.2 Å². The number of carbonyl (C=O) groups is 1. The molecule has 1 amide bonds. The van der Waals surface area contributed by atoms with Crippen molar-refractivity contribution in [2.75, 3.05) is 10.6 Å². The lowest BCUT2D eigenvalue weighted by Gasteiger charge is -2.34. The van der Waals surface area contributed by atoms with Gasteiger partial charge in [-0.25, -0.2) is 14.4 Å². The summed E-state index contributed by atoms with van der Waals surface area (Å²) in [5.74, 6) is 0.279. The van der Waals surface area contributed by atoms with Crippen molar-refractivity contribution in [3.05, 3.63) is 41.9 Å². The van der Waals surface area contributed by atoms with Crippen LogP contribution in [0.2, 0.25) is 0 Å². The van der Waals surface area contributed by atoms with Crippen molar-refractivity contribution in [1.29, 1.82) is 0 Å². The van der Waals surface area contributed by atoms with Gasteiger partial charge in [0.15, 0.2) is 0 Å². The third kappa shape index (κ3) is 6.80. The zero-order valence-electron chi connectivity index (χ0n) is 19.8. The Kier molecular flexibility index (Phi) is 6.83. The maximum Gasteiger partial charge on any atom is 0.262 e. The van der Waals surface area contributed by atoms with Crippen LogP contribution in [0.25, 0.3) is 5.57 Å². The van der Waals surface area contributed by atoms with Gasteiger partial charge in [-0.05, 0) is 37.8 Å². The van der Waals surface area contributed by atoms with Crippen LogP contribution in [0.1, 0.15) is 73.3 Å². The Morgan fingerprint density at radius 3 is 2.29 bits per heavy atom. The van der Waals surface area contributed by atoms with E-state index in [1.54, 1.807) is 0 Å². The fourth-order valence-corrected chi connectivity index (χ4v) is 3.72. The van der Waals surface area contributed by atoms with Gasteiger partial charge in [0.25, 0.3) is 5.91 Å². The number of nitrogens with zero attached hydrogens (tertiary/aromatic N) is 2. The number of anilines is 2. The molecule has 0 saturated heterocycles. The molecule has 2 rings (SSSR count). The molecule has 2 aromatic rings. The lowest BCUT2D eigenvalue weighted by atomic mass is 9.81. The summed E-state index contributed by atoms with van der Waals surface area (Å²) in [6, 6.07) is 2.60. The van der Waals surface area contributed by atoms with Crippen LogP contribution in [0.3, 0.4) is 0 Å². The van der Waals surface area contributed by atoms with Gasteiger partial charge < -0.3 is 21.4 Å². The maximum absolute atomic E-state index is 13.1. The first-order valence-corrected chi connectivity index (χ1v) is 10.4. The number of H-pyrrole nitrogens is 1. The summed E-state index contributed by atoms with van der Waals surface area (Å²) in [6.45, 7) is 17.1. The average Bonchev–Trinajstić information content (AvgIpc) is 2.98. The third-order valence-corrected chi connectivity index (χ3v) is 4.52. The van der Waals surface area contributed by atoms with Crippen LogP contribution in [0.15, 0.2) is 24.5 Å². The van der Waals surface area contributed by atoms with Crippen LogP contribution in [0, 0.1) is 11.2 Å². The Bertz CT molecular complexity index is 946. The van der Waals surface area contributed by atoms with Gasteiger partial charge >= 0.3 is 0 Å². The minimum atomic E-state index is -0.490. The standard InChI is InChI=1S/C23H35FN6O/c1-21(2,3)13-23(7,8)30-19-17(22(4,5)6)28-18(29-19)15(11-25)20(31)27-16-10-9-14(24)12-26-16/h9-12,30H,13,25H2,1-8H3,(H,28,29)(H,26,27,31)/b15-11+. The van der Waals surface area contributed by atoms with Gasteiger partial charge in [0.2, 0.25) is 0 Å². The molecule has 31 heavy (non-hydrogen) atoms. The monoisotopic (exact) mass is 430 g/mol. The molecule has 0 aliphatic rings. The number of halogens is 1. The molecule has 5 N–H and O–H groups in total. The largest absolute Gasteiger partial charge is 0.404 e. The van der Waals surface area contributed by atoms with E-state index in [9.17, 15) is 9.18 Å². The summed E-state index contributed by atoms with van der Waals surface area (Å²) in [4.78, 5) is 24.6. The second-order valence-electron chi connectivity index (χ2n) is 10.7. The fourth-order valence-electron chi connectivity index (χ4n) is 3.72. The van der Waals surface area contributed by atoms with E-state index in [0.717, 1.165) is 18.3 Å². The highest BCUT2D eigenvalue weighted by molar-refractivity contribution is 6.24. The molecule has 0 spiro atoms. The first-order chi connectivity index (χ1) is 14.1. The summed E-state index contributed by atoms with van der Waals surface area (Å²) < 4.78 is 13.1. The maximum atomic E-state index is 13.1. The van der Waals surface area contributed by atoms with Crippen LogP contribution in [0.5, 0.6) is 0 Å². The molecule has 8 heteroatoms. The summed E-state index contributed by atoms with van der Waals surface area (Å²) in [5, 5.41) is 6.17. The van der Waals surface area contributed by atoms with Crippen LogP contribution < -0.4 is 16.4 Å². The summed E-state index contributed by atoms with van der Waals surface area (Å²) in [7, 11) is 0. The predicted molar refractivity (Wildman–Crippen MR) is 124 cm³/mol. The molecule has 0 aliphatic heterocycles. The number of carbonyl (C=O) groups excluding carboxylic acids is 1. The van der Waals surface area contributed by atoms with Crippen LogP contribution in [-0.2, 0) is 10.2 Å². The van der Waals surface area contributed by atoms with Gasteiger partial charge in [-0.3, -0.25) is 4.79 Å². The van der Waals surface area contributed by atoms with Gasteiger partial charge in [-0.1, -0.05) is 41.5 Å². The van der Waals surface area contributed by atoms with Crippen molar-refractivity contribution < 1.29 is 9.18 Å². The molecule has 0 radical (unpaired) electrons. The van der Waals surface area contributed by atoms with Gasteiger partial charge in [-0.15, -0.1) is 0 Å². The molecule has 0 aromatic carbocycles. The molecule has 0 bridgehead atoms.